The van der Waals surface area contributed by atoms with E-state index >= 15 is 0 Å². The molecule has 0 spiro atoms. The molecular weight excluding hydrogens is 200 g/mol. The van der Waals surface area contributed by atoms with Gasteiger partial charge in [-0.2, -0.15) is 5.10 Å². The molecule has 1 unspecified atom stereocenters. The topological polar surface area (TPSA) is 55.4 Å². The second-order valence-electron chi connectivity index (χ2n) is 3.89. The summed E-state index contributed by atoms with van der Waals surface area (Å²) in [5.41, 5.74) is 3.32. The number of carbonyl (C=O) groups is 1. The Hall–Kier alpha value is -2.16. The summed E-state index contributed by atoms with van der Waals surface area (Å²) in [5.74, 6) is 5.47. The maximum atomic E-state index is 11.9. The van der Waals surface area contributed by atoms with Crippen LogP contribution in [-0.2, 0) is 4.79 Å². The molecule has 3 rings (SSSR count). The molecule has 0 amide bonds. The fourth-order valence-corrected chi connectivity index (χ4v) is 2.31. The minimum absolute atomic E-state index is 0.0130. The summed E-state index contributed by atoms with van der Waals surface area (Å²) < 4.78 is 0. The monoisotopic (exact) mass is 210 g/mol. The number of ketones is 1. The van der Waals surface area contributed by atoms with Gasteiger partial charge in [-0.25, -0.2) is 0 Å². The zero-order valence-electron chi connectivity index (χ0n) is 8.55. The first-order chi connectivity index (χ1) is 7.81. The van der Waals surface area contributed by atoms with E-state index in [1.165, 1.54) is 0 Å². The molecule has 3 aliphatic rings. The Labute approximate surface area is 93.0 Å². The van der Waals surface area contributed by atoms with Gasteiger partial charge in [0.1, 0.15) is 0 Å². The average molecular weight is 210 g/mol. The molecule has 0 aromatic rings. The third-order valence-electron chi connectivity index (χ3n) is 3.03. The fourth-order valence-electron chi connectivity index (χ4n) is 2.31. The highest BCUT2D eigenvalue weighted by molar-refractivity contribution is 6.31. The third kappa shape index (κ3) is 1.08. The van der Waals surface area contributed by atoms with Crippen molar-refractivity contribution in [2.75, 3.05) is 0 Å². The highest BCUT2D eigenvalue weighted by atomic mass is 16.1. The molecule has 0 saturated heterocycles. The van der Waals surface area contributed by atoms with Gasteiger partial charge in [-0.3, -0.25) is 4.79 Å². The van der Waals surface area contributed by atoms with E-state index in [4.69, 9.17) is 5.84 Å². The lowest BCUT2D eigenvalue weighted by atomic mass is 9.76. The van der Waals surface area contributed by atoms with E-state index in [1.807, 2.05) is 24.3 Å². The van der Waals surface area contributed by atoms with Gasteiger partial charge in [0, 0.05) is 5.92 Å². The molecule has 0 radical (unpaired) electrons. The Kier molecular flexibility index (Phi) is 1.80. The third-order valence-corrected chi connectivity index (χ3v) is 3.03. The summed E-state index contributed by atoms with van der Waals surface area (Å²) in [6, 6.07) is 0. The second-order valence-corrected chi connectivity index (χ2v) is 3.89. The van der Waals surface area contributed by atoms with E-state index in [9.17, 15) is 4.79 Å². The average Bonchev–Trinajstić information content (AvgIpc) is 2.33. The lowest BCUT2D eigenvalue weighted by molar-refractivity contribution is -0.111. The van der Waals surface area contributed by atoms with Gasteiger partial charge in [0.15, 0.2) is 5.78 Å². The van der Waals surface area contributed by atoms with Crippen molar-refractivity contribution in [1.82, 2.24) is 0 Å². The predicted molar refractivity (Wildman–Crippen MR) is 62.6 cm³/mol. The van der Waals surface area contributed by atoms with Crippen LogP contribution < -0.4 is 5.84 Å². The van der Waals surface area contributed by atoms with Crippen molar-refractivity contribution in [1.29, 1.82) is 0 Å². The Morgan fingerprint density at radius 2 is 2.06 bits per heavy atom. The first-order valence-corrected chi connectivity index (χ1v) is 5.13. The summed E-state index contributed by atoms with van der Waals surface area (Å²) in [4.78, 5) is 11.9. The molecule has 3 nitrogen and oxygen atoms in total. The largest absolute Gasteiger partial charge is 0.323 e. The molecule has 0 aromatic heterocycles. The van der Waals surface area contributed by atoms with Crippen molar-refractivity contribution < 1.29 is 4.79 Å². The molecule has 0 heterocycles. The number of rotatable bonds is 0. The van der Waals surface area contributed by atoms with Crippen molar-refractivity contribution in [2.45, 2.75) is 0 Å². The molecule has 2 N–H and O–H groups in total. The maximum Gasteiger partial charge on any atom is 0.188 e. The van der Waals surface area contributed by atoms with Crippen LogP contribution in [0.5, 0.6) is 0 Å². The van der Waals surface area contributed by atoms with E-state index in [0.717, 1.165) is 11.1 Å². The van der Waals surface area contributed by atoms with E-state index in [1.54, 1.807) is 12.2 Å². The van der Waals surface area contributed by atoms with Crippen LogP contribution in [-0.4, -0.2) is 11.5 Å². The maximum absolute atomic E-state index is 11.9. The number of carbonyl (C=O) groups excluding carboxylic acids is 1. The summed E-state index contributed by atoms with van der Waals surface area (Å²) in [5, 5.41) is 3.68. The Bertz CT molecular complexity index is 556. The fraction of sp³-hybridized carbons (Fsp3) is 0.0769. The van der Waals surface area contributed by atoms with Crippen LogP contribution in [0, 0.1) is 5.92 Å². The van der Waals surface area contributed by atoms with Crippen molar-refractivity contribution in [2.24, 2.45) is 16.9 Å². The van der Waals surface area contributed by atoms with Crippen molar-refractivity contribution in [3.8, 4) is 0 Å². The smallest absolute Gasteiger partial charge is 0.188 e. The summed E-state index contributed by atoms with van der Waals surface area (Å²) in [6.07, 6.45) is 13.3. The van der Waals surface area contributed by atoms with Crippen LogP contribution in [0.2, 0.25) is 0 Å². The van der Waals surface area contributed by atoms with Crippen molar-refractivity contribution in [3.63, 3.8) is 0 Å². The van der Waals surface area contributed by atoms with Crippen LogP contribution >= 0.6 is 0 Å². The predicted octanol–water partition coefficient (Wildman–Crippen LogP) is 1.42. The molecule has 0 aliphatic heterocycles. The Morgan fingerprint density at radius 3 is 2.88 bits per heavy atom. The molecule has 0 aromatic carbocycles. The minimum atomic E-state index is -0.0130. The first-order valence-electron chi connectivity index (χ1n) is 5.13. The number of hydrogen-bond donors (Lipinski definition) is 1. The van der Waals surface area contributed by atoms with Crippen LogP contribution in [0.1, 0.15) is 0 Å². The van der Waals surface area contributed by atoms with Gasteiger partial charge in [-0.05, 0) is 23.3 Å². The molecule has 3 aliphatic carbocycles. The van der Waals surface area contributed by atoms with E-state index in [2.05, 4.69) is 11.2 Å². The highest BCUT2D eigenvalue weighted by Crippen LogP contribution is 2.36. The number of hydrogen-bond acceptors (Lipinski definition) is 3. The molecule has 1 atom stereocenters. The summed E-state index contributed by atoms with van der Waals surface area (Å²) >= 11 is 0. The van der Waals surface area contributed by atoms with Crippen LogP contribution in [0.3, 0.4) is 0 Å². The van der Waals surface area contributed by atoms with Crippen LogP contribution in [0.25, 0.3) is 0 Å². The van der Waals surface area contributed by atoms with E-state index in [-0.39, 0.29) is 11.7 Å². The normalized spacial score (nSPS) is 28.5. The molecule has 3 heteroatoms. The molecule has 0 bridgehead atoms. The van der Waals surface area contributed by atoms with E-state index < -0.39 is 0 Å². The molecule has 16 heavy (non-hydrogen) atoms. The zero-order chi connectivity index (χ0) is 11.1. The summed E-state index contributed by atoms with van der Waals surface area (Å²) in [6.45, 7) is 0. The zero-order valence-corrected chi connectivity index (χ0v) is 8.55. The standard InChI is InChI=1S/C13H10N2O/c14-15-10-6-4-8-2-1-3-9-5-7-11(16)13(10)12(8)9/h1-7,9H,14H2. The number of nitrogens with two attached hydrogens (primary N) is 1. The lowest BCUT2D eigenvalue weighted by Crippen LogP contribution is -2.24. The van der Waals surface area contributed by atoms with Crippen molar-refractivity contribution in [3.05, 3.63) is 59.3 Å². The first kappa shape index (κ1) is 9.09. The molecule has 78 valence electrons. The van der Waals surface area contributed by atoms with Gasteiger partial charge in [-0.15, -0.1) is 0 Å². The Morgan fingerprint density at radius 1 is 1.19 bits per heavy atom. The van der Waals surface area contributed by atoms with Gasteiger partial charge in [-0.1, -0.05) is 30.4 Å². The molecular formula is C13H10N2O. The van der Waals surface area contributed by atoms with Gasteiger partial charge in [0.2, 0.25) is 0 Å². The molecule has 0 saturated carbocycles. The quantitative estimate of drug-likeness (QED) is 0.485. The van der Waals surface area contributed by atoms with Crippen molar-refractivity contribution >= 4 is 11.5 Å². The van der Waals surface area contributed by atoms with Crippen LogP contribution in [0.4, 0.5) is 0 Å². The molecule has 0 fully saturated rings. The number of allylic oxidation sites excluding steroid dienone is 10. The van der Waals surface area contributed by atoms with Gasteiger partial charge >= 0.3 is 0 Å². The number of hydrazone groups is 1. The highest BCUT2D eigenvalue weighted by Gasteiger charge is 2.30. The second kappa shape index (κ2) is 3.17. The van der Waals surface area contributed by atoms with E-state index in [0.29, 0.717) is 11.3 Å². The van der Waals surface area contributed by atoms with Gasteiger partial charge in [0.25, 0.3) is 0 Å². The minimum Gasteiger partial charge on any atom is -0.323 e. The Balaban J connectivity index is 2.28. The lowest BCUT2D eigenvalue weighted by Gasteiger charge is -2.27. The number of nitrogens with zero attached hydrogens (tertiary/aromatic N) is 1. The summed E-state index contributed by atoms with van der Waals surface area (Å²) in [7, 11) is 0. The van der Waals surface area contributed by atoms with Gasteiger partial charge < -0.3 is 5.84 Å². The SMILES string of the molecule is NN=C1C=CC2=CC=CC3C=CC(=O)C1=C23. The van der Waals surface area contributed by atoms with Crippen LogP contribution in [0.15, 0.2) is 64.4 Å². The van der Waals surface area contributed by atoms with Gasteiger partial charge in [0.05, 0.1) is 11.3 Å².